The molecule has 0 unspecified atom stereocenters. The molecule has 3 atom stereocenters. The average molecular weight is 342 g/mol. The number of hydrogen-bond acceptors (Lipinski definition) is 6. The van der Waals surface area contributed by atoms with Crippen molar-refractivity contribution in [2.75, 3.05) is 27.2 Å². The molecule has 2 aromatic rings. The van der Waals surface area contributed by atoms with Crippen molar-refractivity contribution in [3.63, 3.8) is 0 Å². The van der Waals surface area contributed by atoms with Crippen molar-refractivity contribution in [3.05, 3.63) is 36.5 Å². The van der Waals surface area contributed by atoms with Crippen LogP contribution in [0.5, 0.6) is 5.88 Å². The Morgan fingerprint density at radius 1 is 1.36 bits per heavy atom. The van der Waals surface area contributed by atoms with Crippen LogP contribution in [0.3, 0.4) is 0 Å². The molecule has 4 heterocycles. The van der Waals surface area contributed by atoms with E-state index in [9.17, 15) is 0 Å². The Labute approximate surface area is 148 Å². The lowest BCUT2D eigenvalue weighted by Gasteiger charge is -2.37. The molecular weight excluding hydrogens is 316 g/mol. The molecule has 134 valence electrons. The van der Waals surface area contributed by atoms with Crippen molar-refractivity contribution in [3.8, 4) is 5.88 Å². The number of fused-ring (bicyclic) bond motifs is 1. The van der Waals surface area contributed by atoms with Crippen molar-refractivity contribution in [1.82, 2.24) is 29.5 Å². The van der Waals surface area contributed by atoms with Crippen LogP contribution in [0.25, 0.3) is 0 Å². The van der Waals surface area contributed by atoms with Gasteiger partial charge >= 0.3 is 0 Å². The Kier molecular flexibility index (Phi) is 4.67. The largest absolute Gasteiger partial charge is 0.481 e. The second-order valence-electron chi connectivity index (χ2n) is 7.20. The molecule has 0 amide bonds. The van der Waals surface area contributed by atoms with Gasteiger partial charge in [0, 0.05) is 36.9 Å². The van der Waals surface area contributed by atoms with Crippen LogP contribution in [0.15, 0.2) is 31.0 Å². The van der Waals surface area contributed by atoms with E-state index in [2.05, 4.69) is 38.0 Å². The molecule has 7 heteroatoms. The SMILES string of the molecule is COc1ncccc1CN1CC[C@@H]2[C@@H](C[C@H](Cn3cncn3)N2C)C1. The molecule has 0 bridgehead atoms. The summed E-state index contributed by atoms with van der Waals surface area (Å²) in [6.45, 7) is 4.11. The normalized spacial score (nSPS) is 27.4. The first kappa shape index (κ1) is 16.5. The Hall–Kier alpha value is -1.99. The lowest BCUT2D eigenvalue weighted by molar-refractivity contribution is 0.109. The van der Waals surface area contributed by atoms with Crippen LogP contribution in [0.2, 0.25) is 0 Å². The van der Waals surface area contributed by atoms with Crippen molar-refractivity contribution in [2.24, 2.45) is 5.92 Å². The number of ether oxygens (including phenoxy) is 1. The highest BCUT2D eigenvalue weighted by molar-refractivity contribution is 5.25. The number of hydrogen-bond donors (Lipinski definition) is 0. The fraction of sp³-hybridized carbons (Fsp3) is 0.611. The quantitative estimate of drug-likeness (QED) is 0.816. The van der Waals surface area contributed by atoms with E-state index >= 15 is 0 Å². The fourth-order valence-electron chi connectivity index (χ4n) is 4.51. The van der Waals surface area contributed by atoms with Gasteiger partial charge in [0.05, 0.1) is 13.7 Å². The van der Waals surface area contributed by atoms with Crippen molar-refractivity contribution >= 4 is 0 Å². The molecule has 25 heavy (non-hydrogen) atoms. The molecule has 0 aromatic carbocycles. The Bertz CT molecular complexity index is 691. The smallest absolute Gasteiger partial charge is 0.217 e. The molecule has 2 saturated heterocycles. The minimum Gasteiger partial charge on any atom is -0.481 e. The number of rotatable bonds is 5. The first-order valence-corrected chi connectivity index (χ1v) is 8.99. The van der Waals surface area contributed by atoms with Crippen molar-refractivity contribution < 1.29 is 4.74 Å². The highest BCUT2D eigenvalue weighted by atomic mass is 16.5. The van der Waals surface area contributed by atoms with Crippen LogP contribution in [0, 0.1) is 5.92 Å². The molecule has 0 saturated carbocycles. The molecule has 4 rings (SSSR count). The number of piperidine rings is 1. The Morgan fingerprint density at radius 3 is 3.08 bits per heavy atom. The maximum Gasteiger partial charge on any atom is 0.217 e. The van der Waals surface area contributed by atoms with Crippen LogP contribution < -0.4 is 4.74 Å². The summed E-state index contributed by atoms with van der Waals surface area (Å²) in [5.74, 6) is 1.46. The van der Waals surface area contributed by atoms with Gasteiger partial charge < -0.3 is 4.74 Å². The monoisotopic (exact) mass is 342 g/mol. The van der Waals surface area contributed by atoms with Gasteiger partial charge in [0.15, 0.2) is 0 Å². The zero-order chi connectivity index (χ0) is 17.2. The number of methoxy groups -OCH3 is 1. The van der Waals surface area contributed by atoms with Gasteiger partial charge in [-0.25, -0.2) is 9.97 Å². The predicted molar refractivity (Wildman–Crippen MR) is 94.2 cm³/mol. The minimum atomic E-state index is 0.546. The molecule has 2 fully saturated rings. The minimum absolute atomic E-state index is 0.546. The molecule has 2 aliphatic rings. The number of aromatic nitrogens is 4. The third kappa shape index (κ3) is 3.39. The lowest BCUT2D eigenvalue weighted by Crippen LogP contribution is -2.45. The van der Waals surface area contributed by atoms with E-state index < -0.39 is 0 Å². The third-order valence-electron chi connectivity index (χ3n) is 5.75. The van der Waals surface area contributed by atoms with Gasteiger partial charge in [-0.05, 0) is 38.4 Å². The number of nitrogens with zero attached hydrogens (tertiary/aromatic N) is 6. The van der Waals surface area contributed by atoms with Crippen LogP contribution in [0.1, 0.15) is 18.4 Å². The van der Waals surface area contributed by atoms with E-state index in [0.717, 1.165) is 38.0 Å². The summed E-state index contributed by atoms with van der Waals surface area (Å²) in [6.07, 6.45) is 7.66. The van der Waals surface area contributed by atoms with Gasteiger partial charge in [-0.15, -0.1) is 0 Å². The standard InChI is InChI=1S/C18H26N6O/c1-22-16(11-24-13-19-12-21-24)8-15-10-23(7-5-17(15)22)9-14-4-3-6-20-18(14)25-2/h3-4,6,12-13,15-17H,5,7-11H2,1-2H3/t15-,16+,17+/m0/s1. The second kappa shape index (κ2) is 7.09. The summed E-state index contributed by atoms with van der Waals surface area (Å²) < 4.78 is 7.36. The van der Waals surface area contributed by atoms with Gasteiger partial charge in [0.25, 0.3) is 0 Å². The second-order valence-corrected chi connectivity index (χ2v) is 7.20. The zero-order valence-corrected chi connectivity index (χ0v) is 15.0. The van der Waals surface area contributed by atoms with Crippen LogP contribution in [-0.2, 0) is 13.1 Å². The molecule has 7 nitrogen and oxygen atoms in total. The van der Waals surface area contributed by atoms with Crippen molar-refractivity contribution in [1.29, 1.82) is 0 Å². The summed E-state index contributed by atoms with van der Waals surface area (Å²) >= 11 is 0. The first-order valence-electron chi connectivity index (χ1n) is 8.99. The van der Waals surface area contributed by atoms with Gasteiger partial charge in [0.2, 0.25) is 5.88 Å². The van der Waals surface area contributed by atoms with Crippen LogP contribution in [0.4, 0.5) is 0 Å². The zero-order valence-electron chi connectivity index (χ0n) is 15.0. The van der Waals surface area contributed by atoms with E-state index in [4.69, 9.17) is 4.74 Å². The van der Waals surface area contributed by atoms with Gasteiger partial charge in [-0.3, -0.25) is 14.5 Å². The summed E-state index contributed by atoms with van der Waals surface area (Å²) in [4.78, 5) is 13.5. The van der Waals surface area contributed by atoms with E-state index in [1.807, 2.05) is 17.1 Å². The number of likely N-dealkylation sites (tertiary alicyclic amines) is 2. The van der Waals surface area contributed by atoms with Gasteiger partial charge in [0.1, 0.15) is 12.7 Å². The molecule has 0 aliphatic carbocycles. The summed E-state index contributed by atoms with van der Waals surface area (Å²) in [7, 11) is 3.96. The lowest BCUT2D eigenvalue weighted by atomic mass is 9.92. The maximum atomic E-state index is 5.40. The first-order chi connectivity index (χ1) is 12.2. The molecule has 0 radical (unpaired) electrons. The fourth-order valence-corrected chi connectivity index (χ4v) is 4.51. The highest BCUT2D eigenvalue weighted by Gasteiger charge is 2.42. The Balaban J connectivity index is 1.39. The summed E-state index contributed by atoms with van der Waals surface area (Å²) in [5, 5.41) is 4.27. The van der Waals surface area contributed by atoms with E-state index in [1.165, 1.54) is 18.4 Å². The van der Waals surface area contributed by atoms with E-state index in [1.54, 1.807) is 19.6 Å². The third-order valence-corrected chi connectivity index (χ3v) is 5.75. The highest BCUT2D eigenvalue weighted by Crippen LogP contribution is 2.35. The van der Waals surface area contributed by atoms with E-state index in [-0.39, 0.29) is 0 Å². The summed E-state index contributed by atoms with van der Waals surface area (Å²) in [5.41, 5.74) is 1.17. The maximum absolute atomic E-state index is 5.40. The number of pyridine rings is 1. The van der Waals surface area contributed by atoms with Gasteiger partial charge in [-0.1, -0.05) is 6.07 Å². The van der Waals surface area contributed by atoms with Crippen LogP contribution in [-0.4, -0.2) is 68.9 Å². The molecular formula is C18H26N6O. The van der Waals surface area contributed by atoms with E-state index in [0.29, 0.717) is 12.1 Å². The van der Waals surface area contributed by atoms with Gasteiger partial charge in [-0.2, -0.15) is 5.10 Å². The van der Waals surface area contributed by atoms with Crippen LogP contribution >= 0.6 is 0 Å². The Morgan fingerprint density at radius 2 is 2.28 bits per heavy atom. The number of likely N-dealkylation sites (N-methyl/N-ethyl adjacent to an activating group) is 1. The molecule has 0 spiro atoms. The van der Waals surface area contributed by atoms with Crippen molar-refractivity contribution in [2.45, 2.75) is 38.0 Å². The predicted octanol–water partition coefficient (Wildman–Crippen LogP) is 1.28. The summed E-state index contributed by atoms with van der Waals surface area (Å²) in [6, 6.07) is 5.33. The molecule has 2 aromatic heterocycles. The average Bonchev–Trinajstić information content (AvgIpc) is 3.24. The molecule has 0 N–H and O–H groups in total. The topological polar surface area (TPSA) is 59.3 Å². The molecule has 2 aliphatic heterocycles.